The molecule has 5 nitrogen and oxygen atoms in total. The molecule has 142 valence electrons. The maximum absolute atomic E-state index is 12.8. The number of carbonyl (C=O) groups is 2. The Labute approximate surface area is 167 Å². The summed E-state index contributed by atoms with van der Waals surface area (Å²) in [6, 6.07) is 6.37. The van der Waals surface area contributed by atoms with Crippen LogP contribution in [-0.2, 0) is 17.6 Å². The van der Waals surface area contributed by atoms with Crippen molar-refractivity contribution in [3.05, 3.63) is 34.9 Å². The highest BCUT2D eigenvalue weighted by atomic mass is 32.2. The third-order valence-corrected chi connectivity index (χ3v) is 7.22. The van der Waals surface area contributed by atoms with Gasteiger partial charge in [-0.15, -0.1) is 10.2 Å². The number of carbonyl (C=O) groups excluding carboxylic acids is 2. The number of thioether (sulfide) groups is 1. The normalized spacial score (nSPS) is 16.8. The Morgan fingerprint density at radius 2 is 2.04 bits per heavy atom. The highest BCUT2D eigenvalue weighted by Crippen LogP contribution is 2.37. The van der Waals surface area contributed by atoms with E-state index < -0.39 is 0 Å². The van der Waals surface area contributed by atoms with Gasteiger partial charge in [-0.2, -0.15) is 0 Å². The number of benzene rings is 1. The van der Waals surface area contributed by atoms with Gasteiger partial charge in [0.15, 0.2) is 10.1 Å². The Bertz CT molecular complexity index is 876. The molecule has 0 spiro atoms. The second-order valence-corrected chi connectivity index (χ2v) is 9.70. The van der Waals surface area contributed by atoms with Crippen molar-refractivity contribution in [2.45, 2.75) is 68.0 Å². The molecule has 0 N–H and O–H groups in total. The number of hydrogen-bond donors (Lipinski definition) is 0. The number of aromatic nitrogens is 2. The van der Waals surface area contributed by atoms with Crippen molar-refractivity contribution in [2.75, 3.05) is 4.90 Å². The van der Waals surface area contributed by atoms with Gasteiger partial charge >= 0.3 is 0 Å². The molecule has 7 heteroatoms. The Kier molecular flexibility index (Phi) is 5.32. The standard InChI is InChI=1S/C20H23N3O2S2/c1-3-17(24)23(16-9-10-16)19-21-22-20(27-19)26-12(2)18(25)15-8-7-13-5-4-6-14(13)11-15/h7-8,11-12,16H,3-6,9-10H2,1-2H3/t12-/m1/s1. The zero-order valence-electron chi connectivity index (χ0n) is 15.6. The topological polar surface area (TPSA) is 63.2 Å². The number of hydrogen-bond acceptors (Lipinski definition) is 6. The van der Waals surface area contributed by atoms with E-state index in [0.717, 1.165) is 35.6 Å². The summed E-state index contributed by atoms with van der Waals surface area (Å²) in [5.74, 6) is 0.211. The predicted molar refractivity (Wildman–Crippen MR) is 109 cm³/mol. The molecule has 1 aromatic carbocycles. The fourth-order valence-electron chi connectivity index (χ4n) is 3.48. The molecule has 0 bridgehead atoms. The first-order valence-corrected chi connectivity index (χ1v) is 11.2. The third kappa shape index (κ3) is 3.94. The first-order valence-electron chi connectivity index (χ1n) is 9.55. The summed E-state index contributed by atoms with van der Waals surface area (Å²) >= 11 is 2.83. The van der Waals surface area contributed by atoms with Gasteiger partial charge in [0.25, 0.3) is 0 Å². The van der Waals surface area contributed by atoms with E-state index in [9.17, 15) is 9.59 Å². The number of anilines is 1. The summed E-state index contributed by atoms with van der Waals surface area (Å²) in [6.45, 7) is 3.78. The Morgan fingerprint density at radius 3 is 2.78 bits per heavy atom. The van der Waals surface area contributed by atoms with Crippen LogP contribution in [-0.4, -0.2) is 33.2 Å². The molecule has 0 unspecified atom stereocenters. The molecule has 1 heterocycles. The second kappa shape index (κ2) is 7.72. The van der Waals surface area contributed by atoms with E-state index in [1.165, 1.54) is 40.6 Å². The summed E-state index contributed by atoms with van der Waals surface area (Å²) in [6.07, 6.45) is 5.89. The van der Waals surface area contributed by atoms with Crippen LogP contribution >= 0.6 is 23.1 Å². The lowest BCUT2D eigenvalue weighted by Crippen LogP contribution is -2.32. The number of ketones is 1. The molecule has 1 saturated carbocycles. The summed E-state index contributed by atoms with van der Waals surface area (Å²) in [7, 11) is 0. The Hall–Kier alpha value is -1.73. The molecule has 1 fully saturated rings. The average Bonchev–Trinajstić information content (AvgIpc) is 3.21. The lowest BCUT2D eigenvalue weighted by molar-refractivity contribution is -0.118. The molecule has 1 aromatic heterocycles. The molecule has 4 rings (SSSR count). The Balaban J connectivity index is 1.45. The lowest BCUT2D eigenvalue weighted by Gasteiger charge is -2.17. The van der Waals surface area contributed by atoms with E-state index in [0.29, 0.717) is 11.6 Å². The molecule has 1 atom stereocenters. The van der Waals surface area contributed by atoms with E-state index in [-0.39, 0.29) is 23.0 Å². The number of aryl methyl sites for hydroxylation is 2. The molecular formula is C20H23N3O2S2. The first-order chi connectivity index (χ1) is 13.1. The number of Topliss-reactive ketones (excluding diaryl/α,β-unsaturated/α-hetero) is 1. The van der Waals surface area contributed by atoms with Gasteiger partial charge in [0.1, 0.15) is 0 Å². The van der Waals surface area contributed by atoms with Crippen LogP contribution in [0.5, 0.6) is 0 Å². The average molecular weight is 402 g/mol. The van der Waals surface area contributed by atoms with Gasteiger partial charge in [0.05, 0.1) is 5.25 Å². The smallest absolute Gasteiger partial charge is 0.228 e. The lowest BCUT2D eigenvalue weighted by atomic mass is 10.0. The highest BCUT2D eigenvalue weighted by molar-refractivity contribution is 8.02. The molecule has 27 heavy (non-hydrogen) atoms. The van der Waals surface area contributed by atoms with E-state index in [4.69, 9.17) is 0 Å². The van der Waals surface area contributed by atoms with E-state index in [2.05, 4.69) is 22.3 Å². The fraction of sp³-hybridized carbons (Fsp3) is 0.500. The summed E-state index contributed by atoms with van der Waals surface area (Å²) < 4.78 is 0.738. The quantitative estimate of drug-likeness (QED) is 0.393. The minimum atomic E-state index is -0.235. The van der Waals surface area contributed by atoms with Gasteiger partial charge < -0.3 is 0 Å². The maximum atomic E-state index is 12.8. The molecule has 0 aliphatic heterocycles. The van der Waals surface area contributed by atoms with Crippen LogP contribution in [0.1, 0.15) is 61.0 Å². The second-order valence-electron chi connectivity index (χ2n) is 7.16. The minimum Gasteiger partial charge on any atom is -0.293 e. The van der Waals surface area contributed by atoms with Crippen LogP contribution < -0.4 is 4.90 Å². The monoisotopic (exact) mass is 401 g/mol. The van der Waals surface area contributed by atoms with Crippen molar-refractivity contribution in [1.29, 1.82) is 0 Å². The van der Waals surface area contributed by atoms with E-state index >= 15 is 0 Å². The summed E-state index contributed by atoms with van der Waals surface area (Å²) in [5.41, 5.74) is 3.47. The SMILES string of the molecule is CCC(=O)N(c1nnc(S[C@H](C)C(=O)c2ccc3c(c2)CCC3)s1)C1CC1. The van der Waals surface area contributed by atoms with Crippen LogP contribution in [0.3, 0.4) is 0 Å². The molecule has 2 aliphatic carbocycles. The summed E-state index contributed by atoms with van der Waals surface area (Å²) in [4.78, 5) is 26.8. The number of amides is 1. The van der Waals surface area contributed by atoms with Crippen LogP contribution in [0, 0.1) is 0 Å². The largest absolute Gasteiger partial charge is 0.293 e. The third-order valence-electron chi connectivity index (χ3n) is 5.11. The van der Waals surface area contributed by atoms with Crippen LogP contribution in [0.15, 0.2) is 22.5 Å². The van der Waals surface area contributed by atoms with Crippen molar-refractivity contribution < 1.29 is 9.59 Å². The Morgan fingerprint density at radius 1 is 1.26 bits per heavy atom. The van der Waals surface area contributed by atoms with Gasteiger partial charge in [0.2, 0.25) is 11.0 Å². The van der Waals surface area contributed by atoms with Crippen molar-refractivity contribution in [3.8, 4) is 0 Å². The number of fused-ring (bicyclic) bond motifs is 1. The van der Waals surface area contributed by atoms with Crippen LogP contribution in [0.2, 0.25) is 0 Å². The molecule has 2 aromatic rings. The molecule has 2 aliphatic rings. The fourth-order valence-corrected chi connectivity index (χ4v) is 5.63. The molecular weight excluding hydrogens is 378 g/mol. The van der Waals surface area contributed by atoms with Gasteiger partial charge in [-0.3, -0.25) is 14.5 Å². The zero-order valence-corrected chi connectivity index (χ0v) is 17.2. The maximum Gasteiger partial charge on any atom is 0.228 e. The number of nitrogens with zero attached hydrogens (tertiary/aromatic N) is 3. The van der Waals surface area contributed by atoms with Crippen LogP contribution in [0.4, 0.5) is 5.13 Å². The summed E-state index contributed by atoms with van der Waals surface area (Å²) in [5, 5.41) is 8.87. The van der Waals surface area contributed by atoms with E-state index in [1.54, 1.807) is 4.90 Å². The zero-order chi connectivity index (χ0) is 19.0. The van der Waals surface area contributed by atoms with Crippen molar-refractivity contribution >= 4 is 39.9 Å². The molecule has 1 amide bonds. The van der Waals surface area contributed by atoms with Gasteiger partial charge in [0, 0.05) is 18.0 Å². The van der Waals surface area contributed by atoms with Crippen molar-refractivity contribution in [1.82, 2.24) is 10.2 Å². The van der Waals surface area contributed by atoms with Crippen LogP contribution in [0.25, 0.3) is 0 Å². The molecule has 0 saturated heterocycles. The van der Waals surface area contributed by atoms with Gasteiger partial charge in [-0.05, 0) is 56.2 Å². The predicted octanol–water partition coefficient (Wildman–Crippen LogP) is 4.30. The first kappa shape index (κ1) is 18.6. The number of rotatable bonds is 7. The van der Waals surface area contributed by atoms with Crippen molar-refractivity contribution in [2.24, 2.45) is 0 Å². The minimum absolute atomic E-state index is 0.0902. The van der Waals surface area contributed by atoms with Gasteiger partial charge in [-0.1, -0.05) is 42.2 Å². The van der Waals surface area contributed by atoms with E-state index in [1.807, 2.05) is 19.9 Å². The molecule has 0 radical (unpaired) electrons. The van der Waals surface area contributed by atoms with Gasteiger partial charge in [-0.25, -0.2) is 0 Å². The highest BCUT2D eigenvalue weighted by Gasteiger charge is 2.35. The van der Waals surface area contributed by atoms with Crippen molar-refractivity contribution in [3.63, 3.8) is 0 Å².